The molecule has 3 aromatic rings. The Kier molecular flexibility index (Phi) is 10.4. The molecule has 3 aliphatic rings. The van der Waals surface area contributed by atoms with Crippen LogP contribution in [0, 0.1) is 0 Å². The minimum absolute atomic E-state index is 0. The Labute approximate surface area is 255 Å². The van der Waals surface area contributed by atoms with E-state index in [1.54, 1.807) is 12.3 Å². The second-order valence-corrected chi connectivity index (χ2v) is 10.3. The summed E-state index contributed by atoms with van der Waals surface area (Å²) in [5.41, 5.74) is 4.74. The summed E-state index contributed by atoms with van der Waals surface area (Å²) in [6.07, 6.45) is 13.5. The number of amides is 3. The molecule has 5 heterocycles. The van der Waals surface area contributed by atoms with Crippen molar-refractivity contribution in [2.75, 3.05) is 17.2 Å². The number of carbonyl (C=O) groups is 4. The Bertz CT molecular complexity index is 1570. The van der Waals surface area contributed by atoms with Crippen LogP contribution in [0.4, 0.5) is 11.6 Å². The summed E-state index contributed by atoms with van der Waals surface area (Å²) in [4.78, 5) is 55.8. The number of carboxylic acid groups (broad SMARTS) is 1. The van der Waals surface area contributed by atoms with Gasteiger partial charge >= 0.3 is 5.97 Å². The lowest BCUT2D eigenvalue weighted by Gasteiger charge is -2.23. The normalized spacial score (nSPS) is 17.2. The van der Waals surface area contributed by atoms with Crippen LogP contribution in [-0.4, -0.2) is 50.2 Å². The number of rotatable bonds is 5. The average molecular weight is 602 g/mol. The highest BCUT2D eigenvalue weighted by Gasteiger charge is 2.28. The van der Waals surface area contributed by atoms with E-state index >= 15 is 0 Å². The number of pyridine rings is 2. The van der Waals surface area contributed by atoms with Crippen molar-refractivity contribution in [1.29, 1.82) is 0 Å². The zero-order chi connectivity index (χ0) is 29.5. The molecule has 6 rings (SSSR count). The number of aromatic nitrogens is 2. The van der Waals surface area contributed by atoms with Crippen LogP contribution in [-0.2, 0) is 32.0 Å². The molecule has 3 N–H and O–H groups in total. The van der Waals surface area contributed by atoms with Crippen molar-refractivity contribution < 1.29 is 24.3 Å². The predicted octanol–water partition coefficient (Wildman–Crippen LogP) is 4.83. The first kappa shape index (κ1) is 31.1. The van der Waals surface area contributed by atoms with Crippen LogP contribution in [0.2, 0.25) is 0 Å². The SMILES string of the molecule is Cl.O=C(O)/C=C/c1cnc2c(c1)CCC(=O)N2.O=C1CCc2cc(/C=C/C(=O)N3CCCC3c3ccccc3)cnc2N1. The lowest BCUT2D eigenvalue weighted by molar-refractivity contribution is -0.131. The van der Waals surface area contributed by atoms with Gasteiger partial charge in [0.25, 0.3) is 0 Å². The first-order chi connectivity index (χ1) is 20.4. The number of carboxylic acids is 1. The number of carbonyl (C=O) groups excluding carboxylic acids is 3. The van der Waals surface area contributed by atoms with Crippen molar-refractivity contribution in [2.45, 2.75) is 44.6 Å². The minimum Gasteiger partial charge on any atom is -0.478 e. The maximum absolute atomic E-state index is 12.7. The third-order valence-corrected chi connectivity index (χ3v) is 7.29. The number of aryl methyl sites for hydroxylation is 2. The number of benzene rings is 1. The van der Waals surface area contributed by atoms with Gasteiger partial charge in [-0.3, -0.25) is 14.4 Å². The molecule has 3 aliphatic heterocycles. The number of hydrogen-bond acceptors (Lipinski definition) is 6. The number of nitrogens with zero attached hydrogens (tertiary/aromatic N) is 3. The Hall–Kier alpha value is -4.83. The van der Waals surface area contributed by atoms with Gasteiger partial charge in [-0.25, -0.2) is 14.8 Å². The fourth-order valence-electron chi connectivity index (χ4n) is 5.21. The van der Waals surface area contributed by atoms with Crippen LogP contribution in [0.1, 0.15) is 59.5 Å². The van der Waals surface area contributed by atoms with Gasteiger partial charge in [0.05, 0.1) is 6.04 Å². The Morgan fingerprint density at radius 2 is 1.40 bits per heavy atom. The molecular weight excluding hydrogens is 570 g/mol. The number of fused-ring (bicyclic) bond motifs is 2. The van der Waals surface area contributed by atoms with Crippen LogP contribution in [0.25, 0.3) is 12.2 Å². The highest BCUT2D eigenvalue weighted by atomic mass is 35.5. The van der Waals surface area contributed by atoms with E-state index in [-0.39, 0.29) is 36.2 Å². The lowest BCUT2D eigenvalue weighted by atomic mass is 10.0. The average Bonchev–Trinajstić information content (AvgIpc) is 3.50. The molecule has 222 valence electrons. The number of hydrogen-bond donors (Lipinski definition) is 3. The summed E-state index contributed by atoms with van der Waals surface area (Å²) in [6, 6.07) is 14.2. The van der Waals surface area contributed by atoms with Crippen LogP contribution in [0.15, 0.2) is 67.0 Å². The molecule has 0 radical (unpaired) electrons. The van der Waals surface area contributed by atoms with E-state index in [1.807, 2.05) is 41.3 Å². The smallest absolute Gasteiger partial charge is 0.328 e. The standard InChI is InChI=1S/C21H21N3O2.C11H10N2O3.ClH/c25-19-10-9-17-13-15(14-22-21(17)23-19)8-11-20(26)24-12-4-7-18(24)16-5-2-1-3-6-16;14-9-3-2-8-5-7(1-4-10(15)16)6-12-11(8)13-9;/h1-3,5-6,8,11,13-14,18H,4,7,9-10,12H2,(H,22,23,25);1,4-6H,2-3H2,(H,15,16)(H,12,13,14);1H/b11-8+;4-1+;. The van der Waals surface area contributed by atoms with Gasteiger partial charge < -0.3 is 20.6 Å². The van der Waals surface area contributed by atoms with Crippen molar-refractivity contribution in [3.8, 4) is 0 Å². The van der Waals surface area contributed by atoms with Crippen LogP contribution in [0.5, 0.6) is 0 Å². The van der Waals surface area contributed by atoms with Crippen molar-refractivity contribution in [3.63, 3.8) is 0 Å². The van der Waals surface area contributed by atoms with E-state index < -0.39 is 5.97 Å². The monoisotopic (exact) mass is 601 g/mol. The molecule has 10 nitrogen and oxygen atoms in total. The van der Waals surface area contributed by atoms with Crippen LogP contribution in [0.3, 0.4) is 0 Å². The Balaban J connectivity index is 0.000000215. The third-order valence-electron chi connectivity index (χ3n) is 7.29. The minimum atomic E-state index is -0.994. The number of aliphatic carboxylic acids is 1. The third kappa shape index (κ3) is 8.14. The lowest BCUT2D eigenvalue weighted by Crippen LogP contribution is -2.28. The van der Waals surface area contributed by atoms with Gasteiger partial charge in [0, 0.05) is 43.9 Å². The largest absolute Gasteiger partial charge is 0.478 e. The highest BCUT2D eigenvalue weighted by Crippen LogP contribution is 2.32. The Morgan fingerprint density at radius 1 is 0.837 bits per heavy atom. The number of anilines is 2. The molecule has 1 unspecified atom stereocenters. The molecule has 1 saturated heterocycles. The van der Waals surface area contributed by atoms with Crippen LogP contribution < -0.4 is 10.6 Å². The van der Waals surface area contributed by atoms with Gasteiger partial charge in [-0.05, 0) is 77.8 Å². The van der Waals surface area contributed by atoms with Gasteiger partial charge in [-0.1, -0.05) is 30.3 Å². The van der Waals surface area contributed by atoms with Crippen molar-refractivity contribution in [2.24, 2.45) is 0 Å². The molecule has 0 spiro atoms. The van der Waals surface area contributed by atoms with Crippen LogP contribution >= 0.6 is 12.4 Å². The molecule has 11 heteroatoms. The highest BCUT2D eigenvalue weighted by molar-refractivity contribution is 5.94. The van der Waals surface area contributed by atoms with Gasteiger partial charge in [-0.2, -0.15) is 0 Å². The van der Waals surface area contributed by atoms with Gasteiger partial charge in [0.1, 0.15) is 11.6 Å². The summed E-state index contributed by atoms with van der Waals surface area (Å²) in [5.74, 6) is 0.212. The molecule has 1 fully saturated rings. The first-order valence-electron chi connectivity index (χ1n) is 13.9. The van der Waals surface area contributed by atoms with E-state index in [9.17, 15) is 19.2 Å². The molecule has 0 bridgehead atoms. The quantitative estimate of drug-likeness (QED) is 0.356. The fourth-order valence-corrected chi connectivity index (χ4v) is 5.21. The van der Waals surface area contributed by atoms with E-state index in [2.05, 4.69) is 32.7 Å². The zero-order valence-electron chi connectivity index (χ0n) is 23.4. The molecule has 43 heavy (non-hydrogen) atoms. The van der Waals surface area contributed by atoms with E-state index in [1.165, 1.54) is 17.8 Å². The number of halogens is 1. The fraction of sp³-hybridized carbons (Fsp3) is 0.250. The van der Waals surface area contributed by atoms with Gasteiger partial charge in [0.2, 0.25) is 17.7 Å². The number of nitrogens with one attached hydrogen (secondary N) is 2. The van der Waals surface area contributed by atoms with Gasteiger partial charge in [0.15, 0.2) is 0 Å². The van der Waals surface area contributed by atoms with E-state index in [0.29, 0.717) is 37.3 Å². The second kappa shape index (κ2) is 14.4. The van der Waals surface area contributed by atoms with Gasteiger partial charge in [-0.15, -0.1) is 12.4 Å². The zero-order valence-corrected chi connectivity index (χ0v) is 24.2. The summed E-state index contributed by atoms with van der Waals surface area (Å²) in [7, 11) is 0. The summed E-state index contributed by atoms with van der Waals surface area (Å²) in [6.45, 7) is 0.789. The Morgan fingerprint density at radius 3 is 1.95 bits per heavy atom. The maximum atomic E-state index is 12.7. The topological polar surface area (TPSA) is 142 Å². The summed E-state index contributed by atoms with van der Waals surface area (Å²) >= 11 is 0. The summed E-state index contributed by atoms with van der Waals surface area (Å²) < 4.78 is 0. The molecule has 1 aromatic carbocycles. The van der Waals surface area contributed by atoms with E-state index in [4.69, 9.17) is 5.11 Å². The van der Waals surface area contributed by atoms with Crippen molar-refractivity contribution in [1.82, 2.24) is 14.9 Å². The van der Waals surface area contributed by atoms with E-state index in [0.717, 1.165) is 47.7 Å². The molecule has 1 atom stereocenters. The van der Waals surface area contributed by atoms with Crippen molar-refractivity contribution >= 4 is 59.9 Å². The maximum Gasteiger partial charge on any atom is 0.328 e. The predicted molar refractivity (Wildman–Crippen MR) is 165 cm³/mol. The summed E-state index contributed by atoms with van der Waals surface area (Å²) in [5, 5.41) is 13.9. The molecule has 2 aromatic heterocycles. The van der Waals surface area contributed by atoms with Crippen molar-refractivity contribution in [3.05, 3.63) is 94.8 Å². The molecular formula is C32H32ClN5O5. The molecule has 3 amide bonds. The number of likely N-dealkylation sites (tertiary alicyclic amines) is 1. The molecule has 0 aliphatic carbocycles. The molecule has 0 saturated carbocycles. The second-order valence-electron chi connectivity index (χ2n) is 10.3. The first-order valence-corrected chi connectivity index (χ1v) is 13.9.